The van der Waals surface area contributed by atoms with Crippen LogP contribution in [0.1, 0.15) is 36.7 Å². The number of rotatable bonds is 8. The molecule has 20 heavy (non-hydrogen) atoms. The predicted octanol–water partition coefficient (Wildman–Crippen LogP) is 2.35. The van der Waals surface area contributed by atoms with Gasteiger partial charge in [0.2, 0.25) is 11.8 Å². The number of hydrogen-bond acceptors (Lipinski definition) is 5. The van der Waals surface area contributed by atoms with Crippen molar-refractivity contribution in [2.75, 3.05) is 20.3 Å². The van der Waals surface area contributed by atoms with Crippen LogP contribution in [0, 0.1) is 0 Å². The molecule has 0 aliphatic rings. The minimum absolute atomic E-state index is 0.0510. The van der Waals surface area contributed by atoms with Crippen molar-refractivity contribution in [1.29, 1.82) is 0 Å². The number of hydrogen-bond donors (Lipinski definition) is 1. The number of nitrogens with one attached hydrogen (secondary N) is 1. The van der Waals surface area contributed by atoms with Gasteiger partial charge in [0, 0.05) is 20.1 Å². The molecule has 0 saturated carbocycles. The average molecular weight is 275 g/mol. The van der Waals surface area contributed by atoms with Crippen LogP contribution in [0.3, 0.4) is 0 Å². The molecule has 5 nitrogen and oxygen atoms in total. The fourth-order valence-electron chi connectivity index (χ4n) is 2.05. The summed E-state index contributed by atoms with van der Waals surface area (Å²) >= 11 is 0. The molecule has 1 aromatic carbocycles. The van der Waals surface area contributed by atoms with Gasteiger partial charge in [-0.25, -0.2) is 0 Å². The first-order valence-electron chi connectivity index (χ1n) is 6.94. The molecule has 0 spiro atoms. The van der Waals surface area contributed by atoms with E-state index in [1.54, 1.807) is 7.11 Å². The fourth-order valence-corrected chi connectivity index (χ4v) is 2.05. The van der Waals surface area contributed by atoms with Gasteiger partial charge in [0.05, 0.1) is 0 Å². The number of benzene rings is 1. The lowest BCUT2D eigenvalue weighted by atomic mass is 10.1. The van der Waals surface area contributed by atoms with Crippen LogP contribution < -0.4 is 5.32 Å². The monoisotopic (exact) mass is 275 g/mol. The van der Waals surface area contributed by atoms with E-state index >= 15 is 0 Å². The summed E-state index contributed by atoms with van der Waals surface area (Å²) in [6.45, 7) is 3.60. The Morgan fingerprint density at radius 1 is 1.25 bits per heavy atom. The van der Waals surface area contributed by atoms with Crippen molar-refractivity contribution in [3.8, 4) is 0 Å². The minimum atomic E-state index is -0.0510. The third-order valence-corrected chi connectivity index (χ3v) is 3.01. The van der Waals surface area contributed by atoms with E-state index < -0.39 is 0 Å². The highest BCUT2D eigenvalue weighted by atomic mass is 16.5. The smallest absolute Gasteiger partial charge is 0.237 e. The summed E-state index contributed by atoms with van der Waals surface area (Å²) in [5.41, 5.74) is 1.13. The van der Waals surface area contributed by atoms with Gasteiger partial charge >= 0.3 is 0 Å². The molecule has 0 radical (unpaired) electrons. The Labute approximate surface area is 119 Å². The Kier molecular flexibility index (Phi) is 5.70. The van der Waals surface area contributed by atoms with Gasteiger partial charge in [-0.15, -0.1) is 10.2 Å². The van der Waals surface area contributed by atoms with Gasteiger partial charge in [-0.3, -0.25) is 0 Å². The molecule has 1 unspecified atom stereocenters. The van der Waals surface area contributed by atoms with Crippen molar-refractivity contribution < 1.29 is 9.15 Å². The summed E-state index contributed by atoms with van der Waals surface area (Å²) in [6, 6.07) is 10.1. The van der Waals surface area contributed by atoms with E-state index in [1.807, 2.05) is 18.2 Å². The van der Waals surface area contributed by atoms with Crippen LogP contribution in [-0.2, 0) is 11.2 Å². The highest BCUT2D eigenvalue weighted by Gasteiger charge is 2.19. The summed E-state index contributed by atoms with van der Waals surface area (Å²) in [7, 11) is 1.69. The second-order valence-corrected chi connectivity index (χ2v) is 4.53. The Bertz CT molecular complexity index is 499. The zero-order valence-electron chi connectivity index (χ0n) is 12.0. The van der Waals surface area contributed by atoms with E-state index in [-0.39, 0.29) is 6.04 Å². The van der Waals surface area contributed by atoms with Crippen LogP contribution in [0.4, 0.5) is 0 Å². The molecule has 0 amide bonds. The highest BCUT2D eigenvalue weighted by molar-refractivity contribution is 5.23. The Morgan fingerprint density at radius 2 is 2.05 bits per heavy atom. The maximum Gasteiger partial charge on any atom is 0.237 e. The van der Waals surface area contributed by atoms with Crippen molar-refractivity contribution in [3.63, 3.8) is 0 Å². The quantitative estimate of drug-likeness (QED) is 0.749. The molecule has 108 valence electrons. The molecular weight excluding hydrogens is 254 g/mol. The maximum absolute atomic E-state index is 5.76. The number of methoxy groups -OCH3 is 1. The largest absolute Gasteiger partial charge is 0.423 e. The van der Waals surface area contributed by atoms with Crippen LogP contribution >= 0.6 is 0 Å². The predicted molar refractivity (Wildman–Crippen MR) is 76.5 cm³/mol. The first-order valence-corrected chi connectivity index (χ1v) is 6.94. The summed E-state index contributed by atoms with van der Waals surface area (Å²) in [4.78, 5) is 0. The van der Waals surface area contributed by atoms with E-state index in [1.165, 1.54) is 0 Å². The van der Waals surface area contributed by atoms with E-state index in [9.17, 15) is 0 Å². The normalized spacial score (nSPS) is 12.5. The zero-order valence-corrected chi connectivity index (χ0v) is 12.0. The van der Waals surface area contributed by atoms with Crippen molar-refractivity contribution in [2.24, 2.45) is 0 Å². The minimum Gasteiger partial charge on any atom is -0.423 e. The average Bonchev–Trinajstić information content (AvgIpc) is 2.94. The van der Waals surface area contributed by atoms with Crippen molar-refractivity contribution in [1.82, 2.24) is 15.5 Å². The van der Waals surface area contributed by atoms with Gasteiger partial charge in [0.1, 0.15) is 6.04 Å². The summed E-state index contributed by atoms with van der Waals surface area (Å²) < 4.78 is 10.8. The van der Waals surface area contributed by atoms with Crippen molar-refractivity contribution >= 4 is 0 Å². The second kappa shape index (κ2) is 7.77. The van der Waals surface area contributed by atoms with Crippen molar-refractivity contribution in [3.05, 3.63) is 47.7 Å². The lowest BCUT2D eigenvalue weighted by Gasteiger charge is -2.13. The summed E-state index contributed by atoms with van der Waals surface area (Å²) in [5, 5.41) is 11.6. The second-order valence-electron chi connectivity index (χ2n) is 4.53. The van der Waals surface area contributed by atoms with E-state index in [0.29, 0.717) is 18.4 Å². The van der Waals surface area contributed by atoms with Gasteiger partial charge in [-0.2, -0.15) is 0 Å². The standard InChI is InChI=1S/C15H21N3O2/c1-3-16-14(12-8-5-4-6-9-12)15-18-17-13(20-15)10-7-11-19-2/h4-6,8-9,14,16H,3,7,10-11H2,1-2H3. The summed E-state index contributed by atoms with van der Waals surface area (Å²) in [6.07, 6.45) is 1.63. The van der Waals surface area contributed by atoms with Gasteiger partial charge in [-0.05, 0) is 18.5 Å². The number of aromatic nitrogens is 2. The zero-order chi connectivity index (χ0) is 14.2. The molecule has 1 N–H and O–H groups in total. The lowest BCUT2D eigenvalue weighted by Crippen LogP contribution is -2.22. The van der Waals surface area contributed by atoms with Gasteiger partial charge in [0.15, 0.2) is 0 Å². The number of ether oxygens (including phenoxy) is 1. The SMILES string of the molecule is CCNC(c1ccccc1)c1nnc(CCCOC)o1. The van der Waals surface area contributed by atoms with Crippen LogP contribution in [0.15, 0.2) is 34.7 Å². The molecular formula is C15H21N3O2. The molecule has 1 heterocycles. The van der Waals surface area contributed by atoms with Crippen LogP contribution in [0.25, 0.3) is 0 Å². The lowest BCUT2D eigenvalue weighted by molar-refractivity contribution is 0.192. The summed E-state index contributed by atoms with van der Waals surface area (Å²) in [5.74, 6) is 1.28. The third kappa shape index (κ3) is 3.88. The van der Waals surface area contributed by atoms with Crippen molar-refractivity contribution in [2.45, 2.75) is 25.8 Å². The van der Waals surface area contributed by atoms with E-state index in [2.05, 4.69) is 34.6 Å². The molecule has 2 aromatic rings. The van der Waals surface area contributed by atoms with Gasteiger partial charge < -0.3 is 14.5 Å². The molecule has 0 fully saturated rings. The van der Waals surface area contributed by atoms with Crippen LogP contribution in [0.5, 0.6) is 0 Å². The Hall–Kier alpha value is -1.72. The van der Waals surface area contributed by atoms with E-state index in [4.69, 9.17) is 9.15 Å². The maximum atomic E-state index is 5.76. The Balaban J connectivity index is 2.10. The fraction of sp³-hybridized carbons (Fsp3) is 0.467. The Morgan fingerprint density at radius 3 is 2.75 bits per heavy atom. The first kappa shape index (κ1) is 14.7. The first-order chi connectivity index (χ1) is 9.85. The van der Waals surface area contributed by atoms with Crippen LogP contribution in [-0.4, -0.2) is 30.5 Å². The molecule has 0 aliphatic carbocycles. The number of nitrogens with zero attached hydrogens (tertiary/aromatic N) is 2. The molecule has 0 aliphatic heterocycles. The van der Waals surface area contributed by atoms with Gasteiger partial charge in [0.25, 0.3) is 0 Å². The number of aryl methyl sites for hydroxylation is 1. The third-order valence-electron chi connectivity index (χ3n) is 3.01. The van der Waals surface area contributed by atoms with Crippen LogP contribution in [0.2, 0.25) is 0 Å². The molecule has 0 saturated heterocycles. The highest BCUT2D eigenvalue weighted by Crippen LogP contribution is 2.20. The molecule has 1 aromatic heterocycles. The molecule has 0 bridgehead atoms. The topological polar surface area (TPSA) is 60.2 Å². The molecule has 1 atom stereocenters. The molecule has 5 heteroatoms. The molecule has 2 rings (SSSR count). The van der Waals surface area contributed by atoms with E-state index in [0.717, 1.165) is 24.9 Å². The van der Waals surface area contributed by atoms with Gasteiger partial charge in [-0.1, -0.05) is 37.3 Å².